The van der Waals surface area contributed by atoms with E-state index in [1.165, 1.54) is 12.0 Å². The Morgan fingerprint density at radius 2 is 2.05 bits per heavy atom. The third-order valence-electron chi connectivity index (χ3n) is 4.34. The molecule has 2 rings (SSSR count). The number of nitrogens with zero attached hydrogens (tertiary/aromatic N) is 1. The number of hydrogen-bond acceptors (Lipinski definition) is 3. The molecule has 20 heavy (non-hydrogen) atoms. The van der Waals surface area contributed by atoms with Crippen molar-refractivity contribution in [3.8, 4) is 0 Å². The van der Waals surface area contributed by atoms with E-state index < -0.39 is 0 Å². The average Bonchev–Trinajstić information content (AvgIpc) is 2.39. The lowest BCUT2D eigenvalue weighted by Crippen LogP contribution is -2.49. The molecular formula is C16H25BrN2O. The predicted octanol–water partition coefficient (Wildman–Crippen LogP) is 3.07. The second kappa shape index (κ2) is 7.03. The maximum absolute atomic E-state index is 10.3. The summed E-state index contributed by atoms with van der Waals surface area (Å²) in [7, 11) is 2.09. The van der Waals surface area contributed by atoms with Crippen molar-refractivity contribution < 1.29 is 5.11 Å². The van der Waals surface area contributed by atoms with Crippen LogP contribution in [0.5, 0.6) is 0 Å². The predicted molar refractivity (Wildman–Crippen MR) is 86.6 cm³/mol. The molecule has 1 aromatic rings. The number of aliphatic hydroxyl groups is 1. The highest BCUT2D eigenvalue weighted by atomic mass is 79.9. The summed E-state index contributed by atoms with van der Waals surface area (Å²) in [5.74, 6) is 0. The van der Waals surface area contributed by atoms with Crippen molar-refractivity contribution in [2.45, 2.75) is 56.8 Å². The molecule has 112 valence electrons. The Balaban J connectivity index is 2.23. The van der Waals surface area contributed by atoms with Crippen LogP contribution in [0.1, 0.15) is 44.2 Å². The van der Waals surface area contributed by atoms with Crippen LogP contribution in [0, 0.1) is 0 Å². The maximum Gasteiger partial charge on any atom is 0.0695 e. The van der Waals surface area contributed by atoms with Crippen molar-refractivity contribution in [1.82, 2.24) is 4.90 Å². The zero-order valence-corrected chi connectivity index (χ0v) is 13.9. The van der Waals surface area contributed by atoms with Crippen molar-refractivity contribution in [1.29, 1.82) is 0 Å². The summed E-state index contributed by atoms with van der Waals surface area (Å²) in [6.45, 7) is 2.04. The molecule has 1 aromatic carbocycles. The number of benzene rings is 1. The molecule has 1 fully saturated rings. The van der Waals surface area contributed by atoms with Gasteiger partial charge in [0.25, 0.3) is 0 Å². The Labute approximate surface area is 130 Å². The summed E-state index contributed by atoms with van der Waals surface area (Å²) in [6, 6.07) is 8.66. The fourth-order valence-electron chi connectivity index (χ4n) is 3.37. The van der Waals surface area contributed by atoms with Gasteiger partial charge in [0.2, 0.25) is 0 Å². The molecule has 4 heteroatoms. The molecule has 1 aliphatic rings. The van der Waals surface area contributed by atoms with Crippen molar-refractivity contribution in [3.63, 3.8) is 0 Å². The molecule has 0 heterocycles. The monoisotopic (exact) mass is 340 g/mol. The average molecular weight is 341 g/mol. The second-order valence-electron chi connectivity index (χ2n) is 5.94. The summed E-state index contributed by atoms with van der Waals surface area (Å²) in [6.07, 6.45) is 4.04. The maximum atomic E-state index is 10.3. The van der Waals surface area contributed by atoms with Gasteiger partial charge in [-0.2, -0.15) is 0 Å². The van der Waals surface area contributed by atoms with Gasteiger partial charge < -0.3 is 10.8 Å². The molecular weight excluding hydrogens is 316 g/mol. The van der Waals surface area contributed by atoms with Gasteiger partial charge in [-0.15, -0.1) is 0 Å². The Kier molecular flexibility index (Phi) is 5.61. The highest BCUT2D eigenvalue weighted by Gasteiger charge is 2.32. The van der Waals surface area contributed by atoms with Gasteiger partial charge in [0, 0.05) is 22.6 Å². The number of aliphatic hydroxyl groups excluding tert-OH is 1. The standard InChI is InChI=1S/C16H25BrN2O/c1-11(18)16(12-6-5-7-13(17)10-12)19(2)14-8-3-4-9-15(14)20/h5-7,10-11,14-16,20H,3-4,8-9,18H2,1-2H3. The van der Waals surface area contributed by atoms with Crippen molar-refractivity contribution in [2.75, 3.05) is 7.05 Å². The molecule has 0 spiro atoms. The SMILES string of the molecule is CC(N)C(c1cccc(Br)c1)N(C)C1CCCCC1O. The minimum Gasteiger partial charge on any atom is -0.391 e. The van der Waals surface area contributed by atoms with Crippen LogP contribution in [-0.4, -0.2) is 35.2 Å². The molecule has 0 saturated heterocycles. The fraction of sp³-hybridized carbons (Fsp3) is 0.625. The molecule has 1 saturated carbocycles. The van der Waals surface area contributed by atoms with Crippen molar-refractivity contribution >= 4 is 15.9 Å². The van der Waals surface area contributed by atoms with E-state index in [1.807, 2.05) is 19.1 Å². The van der Waals surface area contributed by atoms with Crippen molar-refractivity contribution in [2.24, 2.45) is 5.73 Å². The molecule has 0 amide bonds. The Bertz CT molecular complexity index is 438. The first kappa shape index (κ1) is 16.0. The number of likely N-dealkylation sites (N-methyl/N-ethyl adjacent to an activating group) is 1. The quantitative estimate of drug-likeness (QED) is 0.885. The lowest BCUT2D eigenvalue weighted by atomic mass is 9.88. The smallest absolute Gasteiger partial charge is 0.0695 e. The molecule has 3 N–H and O–H groups in total. The number of halogens is 1. The highest BCUT2D eigenvalue weighted by molar-refractivity contribution is 9.10. The minimum absolute atomic E-state index is 0.0171. The van der Waals surface area contributed by atoms with Crippen LogP contribution in [-0.2, 0) is 0 Å². The molecule has 0 bridgehead atoms. The molecule has 3 nitrogen and oxygen atoms in total. The Morgan fingerprint density at radius 3 is 2.65 bits per heavy atom. The fourth-order valence-corrected chi connectivity index (χ4v) is 3.79. The number of nitrogens with two attached hydrogens (primary N) is 1. The number of hydrogen-bond donors (Lipinski definition) is 2. The summed E-state index contributed by atoms with van der Waals surface area (Å²) in [5.41, 5.74) is 7.44. The normalized spacial score (nSPS) is 26.5. The minimum atomic E-state index is -0.234. The summed E-state index contributed by atoms with van der Waals surface area (Å²) >= 11 is 3.53. The van der Waals surface area contributed by atoms with Gasteiger partial charge in [0.05, 0.1) is 6.10 Å². The first-order valence-corrected chi connectivity index (χ1v) is 8.21. The van der Waals surface area contributed by atoms with E-state index in [-0.39, 0.29) is 24.2 Å². The lowest BCUT2D eigenvalue weighted by molar-refractivity contribution is 0.00790. The summed E-state index contributed by atoms with van der Waals surface area (Å²) in [5, 5.41) is 10.3. The van der Waals surface area contributed by atoms with Crippen LogP contribution in [0.25, 0.3) is 0 Å². The van der Waals surface area contributed by atoms with E-state index >= 15 is 0 Å². The Hall–Kier alpha value is -0.420. The van der Waals surface area contributed by atoms with Gasteiger partial charge in [-0.3, -0.25) is 4.90 Å². The molecule has 1 aliphatic carbocycles. The van der Waals surface area contributed by atoms with E-state index in [0.29, 0.717) is 0 Å². The van der Waals surface area contributed by atoms with Gasteiger partial charge in [-0.25, -0.2) is 0 Å². The second-order valence-corrected chi connectivity index (χ2v) is 6.86. The molecule has 0 radical (unpaired) electrons. The van der Waals surface area contributed by atoms with E-state index in [9.17, 15) is 5.11 Å². The van der Waals surface area contributed by atoms with Crippen LogP contribution in [0.15, 0.2) is 28.7 Å². The van der Waals surface area contributed by atoms with Crippen LogP contribution < -0.4 is 5.73 Å². The largest absolute Gasteiger partial charge is 0.391 e. The lowest BCUT2D eigenvalue weighted by Gasteiger charge is -2.41. The van der Waals surface area contributed by atoms with Gasteiger partial charge >= 0.3 is 0 Å². The zero-order chi connectivity index (χ0) is 14.7. The first-order valence-electron chi connectivity index (χ1n) is 7.41. The van der Waals surface area contributed by atoms with Gasteiger partial charge in [-0.05, 0) is 44.5 Å². The summed E-state index contributed by atoms with van der Waals surface area (Å²) in [4.78, 5) is 2.27. The topological polar surface area (TPSA) is 49.5 Å². The van der Waals surface area contributed by atoms with E-state index in [4.69, 9.17) is 5.73 Å². The van der Waals surface area contributed by atoms with Crippen LogP contribution in [0.3, 0.4) is 0 Å². The molecule has 4 atom stereocenters. The van der Waals surface area contributed by atoms with Crippen LogP contribution >= 0.6 is 15.9 Å². The van der Waals surface area contributed by atoms with E-state index in [0.717, 1.165) is 23.7 Å². The third kappa shape index (κ3) is 3.61. The third-order valence-corrected chi connectivity index (χ3v) is 4.84. The Morgan fingerprint density at radius 1 is 1.35 bits per heavy atom. The van der Waals surface area contributed by atoms with E-state index in [1.54, 1.807) is 0 Å². The van der Waals surface area contributed by atoms with Gasteiger partial charge in [0.1, 0.15) is 0 Å². The van der Waals surface area contributed by atoms with Crippen molar-refractivity contribution in [3.05, 3.63) is 34.3 Å². The summed E-state index contributed by atoms with van der Waals surface area (Å²) < 4.78 is 1.07. The highest BCUT2D eigenvalue weighted by Crippen LogP contribution is 2.31. The first-order chi connectivity index (χ1) is 9.50. The van der Waals surface area contributed by atoms with Crippen LogP contribution in [0.2, 0.25) is 0 Å². The molecule has 0 aliphatic heterocycles. The van der Waals surface area contributed by atoms with Gasteiger partial charge in [0.15, 0.2) is 0 Å². The zero-order valence-electron chi connectivity index (χ0n) is 12.3. The van der Waals surface area contributed by atoms with Crippen LogP contribution in [0.4, 0.5) is 0 Å². The number of rotatable bonds is 4. The van der Waals surface area contributed by atoms with E-state index in [2.05, 4.69) is 40.0 Å². The van der Waals surface area contributed by atoms with Gasteiger partial charge in [-0.1, -0.05) is 40.9 Å². The molecule has 4 unspecified atom stereocenters. The molecule has 0 aromatic heterocycles.